The summed E-state index contributed by atoms with van der Waals surface area (Å²) < 4.78 is 13.3. The van der Waals surface area contributed by atoms with Gasteiger partial charge in [0, 0.05) is 6.04 Å². The van der Waals surface area contributed by atoms with E-state index in [1.807, 2.05) is 6.07 Å². The van der Waals surface area contributed by atoms with Crippen LogP contribution in [0.25, 0.3) is 0 Å². The van der Waals surface area contributed by atoms with Gasteiger partial charge in [-0.25, -0.2) is 4.39 Å². The number of rotatable bonds is 0. The summed E-state index contributed by atoms with van der Waals surface area (Å²) >= 11 is 5.62. The van der Waals surface area contributed by atoms with Crippen molar-refractivity contribution in [3.05, 3.63) is 34.1 Å². The molecule has 0 amide bonds. The Morgan fingerprint density at radius 3 is 2.77 bits per heavy atom. The second-order valence-electron chi connectivity index (χ2n) is 3.17. The Morgan fingerprint density at radius 1 is 1.38 bits per heavy atom. The quantitative estimate of drug-likeness (QED) is 0.716. The summed E-state index contributed by atoms with van der Waals surface area (Å²) in [6, 6.07) is 3.51. The van der Waals surface area contributed by atoms with Gasteiger partial charge in [-0.3, -0.25) is 0 Å². The molecule has 0 heterocycles. The molecule has 1 nitrogen and oxygen atoms in total. The fraction of sp³-hybridized carbons (Fsp3) is 0.333. The summed E-state index contributed by atoms with van der Waals surface area (Å²) in [6.45, 7) is 0. The van der Waals surface area contributed by atoms with E-state index in [4.69, 9.17) is 17.3 Å². The van der Waals surface area contributed by atoms with Crippen LogP contribution in [0.15, 0.2) is 12.1 Å². The molecule has 1 aliphatic carbocycles. The second kappa shape index (κ2) is 3.82. The average molecular weight is 222 g/mol. The molecule has 1 aliphatic rings. The van der Waals surface area contributed by atoms with Gasteiger partial charge in [0.05, 0.1) is 5.02 Å². The van der Waals surface area contributed by atoms with Gasteiger partial charge in [-0.15, -0.1) is 12.4 Å². The monoisotopic (exact) mass is 221 g/mol. The van der Waals surface area contributed by atoms with Crippen molar-refractivity contribution >= 4 is 24.0 Å². The van der Waals surface area contributed by atoms with Crippen LogP contribution in [-0.2, 0) is 12.8 Å². The molecule has 72 valence electrons. The zero-order valence-corrected chi connectivity index (χ0v) is 8.46. The van der Waals surface area contributed by atoms with E-state index >= 15 is 0 Å². The minimum absolute atomic E-state index is 0. The molecule has 13 heavy (non-hydrogen) atoms. The van der Waals surface area contributed by atoms with Crippen LogP contribution in [0.5, 0.6) is 0 Å². The Hall–Kier alpha value is -0.310. The first kappa shape index (κ1) is 10.8. The lowest BCUT2D eigenvalue weighted by atomic mass is 10.1. The van der Waals surface area contributed by atoms with Crippen LogP contribution >= 0.6 is 24.0 Å². The van der Waals surface area contributed by atoms with Gasteiger partial charge >= 0.3 is 0 Å². The lowest BCUT2D eigenvalue weighted by Crippen LogP contribution is -2.19. The highest BCUT2D eigenvalue weighted by atomic mass is 35.5. The Morgan fingerprint density at radius 2 is 2.08 bits per heavy atom. The van der Waals surface area contributed by atoms with Crippen LogP contribution in [0.4, 0.5) is 4.39 Å². The van der Waals surface area contributed by atoms with Gasteiger partial charge in [-0.05, 0) is 30.0 Å². The summed E-state index contributed by atoms with van der Waals surface area (Å²) in [4.78, 5) is 0. The van der Waals surface area contributed by atoms with Gasteiger partial charge in [0.25, 0.3) is 0 Å². The van der Waals surface area contributed by atoms with E-state index in [1.165, 1.54) is 0 Å². The fourth-order valence-electron chi connectivity index (χ4n) is 1.66. The highest BCUT2D eigenvalue weighted by molar-refractivity contribution is 6.30. The molecule has 1 aromatic carbocycles. The summed E-state index contributed by atoms with van der Waals surface area (Å²) in [5, 5.41) is 0.197. The molecule has 0 aliphatic heterocycles. The molecule has 4 heteroatoms. The molecule has 0 bridgehead atoms. The normalized spacial score (nSPS) is 19.5. The summed E-state index contributed by atoms with van der Waals surface area (Å²) in [5.74, 6) is -0.290. The SMILES string of the molecule is Cl.NC1Cc2ccc(Cl)c(F)c2C1. The molecule has 1 unspecified atom stereocenters. The standard InChI is InChI=1S/C9H9ClFN.ClH/c10-8-2-1-5-3-6(12)4-7(5)9(8)11;/h1-2,6H,3-4,12H2;1H. The highest BCUT2D eigenvalue weighted by Crippen LogP contribution is 2.28. The number of nitrogens with two attached hydrogens (primary N) is 1. The molecule has 0 radical (unpaired) electrons. The minimum atomic E-state index is -0.290. The van der Waals surface area contributed by atoms with Crippen molar-refractivity contribution in [2.24, 2.45) is 5.73 Å². The summed E-state index contributed by atoms with van der Waals surface area (Å²) in [5.41, 5.74) is 7.40. The van der Waals surface area contributed by atoms with Crippen LogP contribution < -0.4 is 5.73 Å². The summed E-state index contributed by atoms with van der Waals surface area (Å²) in [6.07, 6.45) is 1.38. The molecule has 0 fully saturated rings. The lowest BCUT2D eigenvalue weighted by Gasteiger charge is -2.00. The molecular weight excluding hydrogens is 212 g/mol. The van der Waals surface area contributed by atoms with Crippen molar-refractivity contribution in [1.29, 1.82) is 0 Å². The van der Waals surface area contributed by atoms with Crippen LogP contribution in [-0.4, -0.2) is 6.04 Å². The largest absolute Gasteiger partial charge is 0.327 e. The Bertz CT molecular complexity index is 328. The van der Waals surface area contributed by atoms with Gasteiger partial charge in [0.2, 0.25) is 0 Å². The van der Waals surface area contributed by atoms with Crippen molar-refractivity contribution in [3.63, 3.8) is 0 Å². The highest BCUT2D eigenvalue weighted by Gasteiger charge is 2.22. The molecule has 1 aromatic rings. The Labute approximate surface area is 87.5 Å². The smallest absolute Gasteiger partial charge is 0.145 e. The first-order valence-electron chi connectivity index (χ1n) is 3.90. The third kappa shape index (κ3) is 1.80. The molecule has 1 atom stereocenters. The predicted octanol–water partition coefficient (Wildman–Crippen LogP) is 2.33. The number of fused-ring (bicyclic) bond motifs is 1. The van der Waals surface area contributed by atoms with Crippen molar-refractivity contribution in [2.75, 3.05) is 0 Å². The first-order valence-corrected chi connectivity index (χ1v) is 4.27. The van der Waals surface area contributed by atoms with Crippen LogP contribution in [0, 0.1) is 5.82 Å². The molecule has 0 spiro atoms. The number of benzene rings is 1. The van der Waals surface area contributed by atoms with Gasteiger partial charge in [0.15, 0.2) is 0 Å². The lowest BCUT2D eigenvalue weighted by molar-refractivity contribution is 0.607. The third-order valence-electron chi connectivity index (χ3n) is 2.24. The summed E-state index contributed by atoms with van der Waals surface area (Å²) in [7, 11) is 0. The topological polar surface area (TPSA) is 26.0 Å². The first-order chi connectivity index (χ1) is 5.68. The van der Waals surface area contributed by atoms with Crippen LogP contribution in [0.2, 0.25) is 5.02 Å². The number of hydrogen-bond acceptors (Lipinski definition) is 1. The molecule has 0 saturated heterocycles. The molecule has 0 aromatic heterocycles. The van der Waals surface area contributed by atoms with E-state index < -0.39 is 0 Å². The zero-order chi connectivity index (χ0) is 8.72. The van der Waals surface area contributed by atoms with Crippen molar-refractivity contribution in [3.8, 4) is 0 Å². The Kier molecular flexibility index (Phi) is 3.17. The van der Waals surface area contributed by atoms with E-state index in [9.17, 15) is 4.39 Å². The maximum absolute atomic E-state index is 13.3. The van der Waals surface area contributed by atoms with Crippen molar-refractivity contribution in [1.82, 2.24) is 0 Å². The molecule has 0 saturated carbocycles. The van der Waals surface area contributed by atoms with Crippen LogP contribution in [0.1, 0.15) is 11.1 Å². The molecule has 2 N–H and O–H groups in total. The third-order valence-corrected chi connectivity index (χ3v) is 2.53. The van der Waals surface area contributed by atoms with Gasteiger partial charge in [-0.2, -0.15) is 0 Å². The number of hydrogen-bond donors (Lipinski definition) is 1. The maximum Gasteiger partial charge on any atom is 0.145 e. The van der Waals surface area contributed by atoms with E-state index in [0.717, 1.165) is 12.0 Å². The van der Waals surface area contributed by atoms with E-state index in [2.05, 4.69) is 0 Å². The van der Waals surface area contributed by atoms with Crippen molar-refractivity contribution < 1.29 is 4.39 Å². The van der Waals surface area contributed by atoms with Gasteiger partial charge < -0.3 is 5.73 Å². The minimum Gasteiger partial charge on any atom is -0.327 e. The van der Waals surface area contributed by atoms with Crippen LogP contribution in [0.3, 0.4) is 0 Å². The fourth-order valence-corrected chi connectivity index (χ4v) is 1.84. The van der Waals surface area contributed by atoms with Gasteiger partial charge in [0.1, 0.15) is 5.82 Å². The molecular formula is C9H10Cl2FN. The van der Waals surface area contributed by atoms with Crippen molar-refractivity contribution in [2.45, 2.75) is 18.9 Å². The predicted molar refractivity (Wildman–Crippen MR) is 54.0 cm³/mol. The van der Waals surface area contributed by atoms with E-state index in [0.29, 0.717) is 12.0 Å². The van der Waals surface area contributed by atoms with Gasteiger partial charge in [-0.1, -0.05) is 17.7 Å². The second-order valence-corrected chi connectivity index (χ2v) is 3.57. The average Bonchev–Trinajstić information content (AvgIpc) is 2.39. The maximum atomic E-state index is 13.3. The molecule has 2 rings (SSSR count). The number of halogens is 3. The van der Waals surface area contributed by atoms with E-state index in [-0.39, 0.29) is 29.3 Å². The Balaban J connectivity index is 0.000000845. The van der Waals surface area contributed by atoms with E-state index in [1.54, 1.807) is 6.07 Å². The zero-order valence-electron chi connectivity index (χ0n) is 6.89.